The SMILES string of the molecule is CCOc1ccc(C(N)c2cc(C)nn2CC)cc1. The largest absolute Gasteiger partial charge is 0.494 e. The minimum absolute atomic E-state index is 0.156. The molecule has 4 heteroatoms. The predicted octanol–water partition coefficient (Wildman–Crippen LogP) is 2.66. The van der Waals surface area contributed by atoms with Gasteiger partial charge in [-0.15, -0.1) is 0 Å². The van der Waals surface area contributed by atoms with E-state index in [0.29, 0.717) is 6.61 Å². The van der Waals surface area contributed by atoms with Crippen molar-refractivity contribution >= 4 is 0 Å². The number of ether oxygens (including phenoxy) is 1. The van der Waals surface area contributed by atoms with Crippen LogP contribution >= 0.6 is 0 Å². The molecule has 1 heterocycles. The van der Waals surface area contributed by atoms with E-state index in [4.69, 9.17) is 10.5 Å². The molecule has 0 saturated heterocycles. The first-order chi connectivity index (χ1) is 9.15. The van der Waals surface area contributed by atoms with Gasteiger partial charge in [0.15, 0.2) is 0 Å². The molecule has 1 unspecified atom stereocenters. The first-order valence-corrected chi connectivity index (χ1v) is 6.68. The quantitative estimate of drug-likeness (QED) is 0.898. The minimum Gasteiger partial charge on any atom is -0.494 e. The van der Waals surface area contributed by atoms with Crippen LogP contribution in [0.15, 0.2) is 30.3 Å². The van der Waals surface area contributed by atoms with Gasteiger partial charge in [0.25, 0.3) is 0 Å². The number of benzene rings is 1. The zero-order valence-corrected chi connectivity index (χ0v) is 11.8. The molecule has 0 radical (unpaired) electrons. The van der Waals surface area contributed by atoms with Gasteiger partial charge in [-0.05, 0) is 44.5 Å². The summed E-state index contributed by atoms with van der Waals surface area (Å²) >= 11 is 0. The summed E-state index contributed by atoms with van der Waals surface area (Å²) in [6, 6.07) is 9.83. The van der Waals surface area contributed by atoms with Crippen molar-refractivity contribution in [2.45, 2.75) is 33.4 Å². The molecule has 1 aromatic heterocycles. The third kappa shape index (κ3) is 2.96. The van der Waals surface area contributed by atoms with Crippen LogP contribution in [0, 0.1) is 6.92 Å². The van der Waals surface area contributed by atoms with Gasteiger partial charge in [-0.1, -0.05) is 12.1 Å². The Bertz CT molecular complexity index is 531. The topological polar surface area (TPSA) is 53.1 Å². The maximum Gasteiger partial charge on any atom is 0.119 e. The van der Waals surface area contributed by atoms with E-state index in [9.17, 15) is 0 Å². The lowest BCUT2D eigenvalue weighted by atomic mass is 10.0. The second-order valence-corrected chi connectivity index (χ2v) is 4.51. The number of aromatic nitrogens is 2. The van der Waals surface area contributed by atoms with Crippen LogP contribution in [0.3, 0.4) is 0 Å². The lowest BCUT2D eigenvalue weighted by Crippen LogP contribution is -2.17. The average Bonchev–Trinajstić information content (AvgIpc) is 2.80. The van der Waals surface area contributed by atoms with E-state index in [1.54, 1.807) is 0 Å². The molecule has 0 amide bonds. The third-order valence-corrected chi connectivity index (χ3v) is 3.10. The molecule has 0 spiro atoms. The smallest absolute Gasteiger partial charge is 0.119 e. The van der Waals surface area contributed by atoms with Crippen LogP contribution < -0.4 is 10.5 Å². The van der Waals surface area contributed by atoms with Gasteiger partial charge in [0.1, 0.15) is 5.75 Å². The fourth-order valence-electron chi connectivity index (χ4n) is 2.18. The lowest BCUT2D eigenvalue weighted by Gasteiger charge is -2.14. The summed E-state index contributed by atoms with van der Waals surface area (Å²) < 4.78 is 7.39. The van der Waals surface area contributed by atoms with E-state index in [1.807, 2.05) is 48.9 Å². The molecule has 0 aliphatic rings. The molecule has 2 rings (SSSR count). The van der Waals surface area contributed by atoms with Gasteiger partial charge < -0.3 is 10.5 Å². The van der Waals surface area contributed by atoms with Gasteiger partial charge in [-0.25, -0.2) is 0 Å². The highest BCUT2D eigenvalue weighted by Gasteiger charge is 2.14. The fourth-order valence-corrected chi connectivity index (χ4v) is 2.18. The van der Waals surface area contributed by atoms with Gasteiger partial charge in [0, 0.05) is 6.54 Å². The summed E-state index contributed by atoms with van der Waals surface area (Å²) in [5.74, 6) is 0.874. The van der Waals surface area contributed by atoms with Crippen LogP contribution in [0.4, 0.5) is 0 Å². The third-order valence-electron chi connectivity index (χ3n) is 3.10. The minimum atomic E-state index is -0.156. The Morgan fingerprint density at radius 3 is 2.53 bits per heavy atom. The van der Waals surface area contributed by atoms with Gasteiger partial charge in [0.2, 0.25) is 0 Å². The lowest BCUT2D eigenvalue weighted by molar-refractivity contribution is 0.340. The van der Waals surface area contributed by atoms with Gasteiger partial charge in [-0.2, -0.15) is 5.10 Å². The molecule has 0 aliphatic carbocycles. The number of nitrogens with zero attached hydrogens (tertiary/aromatic N) is 2. The van der Waals surface area contributed by atoms with Gasteiger partial charge in [-0.3, -0.25) is 4.68 Å². The number of rotatable bonds is 5. The molecular formula is C15H21N3O. The molecule has 2 aromatic rings. The molecule has 0 aliphatic heterocycles. The predicted molar refractivity (Wildman–Crippen MR) is 76.3 cm³/mol. The zero-order valence-electron chi connectivity index (χ0n) is 11.8. The zero-order chi connectivity index (χ0) is 13.8. The van der Waals surface area contributed by atoms with Crippen LogP contribution in [0.25, 0.3) is 0 Å². The molecule has 0 fully saturated rings. The highest BCUT2D eigenvalue weighted by Crippen LogP contribution is 2.22. The molecule has 4 nitrogen and oxygen atoms in total. The first kappa shape index (κ1) is 13.6. The molecule has 1 aromatic carbocycles. The van der Waals surface area contributed by atoms with Crippen molar-refractivity contribution in [3.05, 3.63) is 47.3 Å². The molecule has 0 saturated carbocycles. The average molecular weight is 259 g/mol. The number of aryl methyl sites for hydroxylation is 2. The monoisotopic (exact) mass is 259 g/mol. The Balaban J connectivity index is 2.25. The van der Waals surface area contributed by atoms with E-state index in [0.717, 1.165) is 29.2 Å². The standard InChI is InChI=1S/C15H21N3O/c1-4-18-14(10-11(3)17-18)15(16)12-6-8-13(9-7-12)19-5-2/h6-10,15H,4-5,16H2,1-3H3. The maximum atomic E-state index is 6.33. The van der Waals surface area contributed by atoms with Crippen LogP contribution in [0.1, 0.15) is 36.8 Å². The van der Waals surface area contributed by atoms with Crippen molar-refractivity contribution in [1.29, 1.82) is 0 Å². The van der Waals surface area contributed by atoms with Gasteiger partial charge >= 0.3 is 0 Å². The van der Waals surface area contributed by atoms with Crippen LogP contribution in [0.5, 0.6) is 5.75 Å². The summed E-state index contributed by atoms with van der Waals surface area (Å²) in [4.78, 5) is 0. The summed E-state index contributed by atoms with van der Waals surface area (Å²) in [7, 11) is 0. The van der Waals surface area contributed by atoms with Crippen LogP contribution in [-0.2, 0) is 6.54 Å². The van der Waals surface area contributed by atoms with Crippen LogP contribution in [0.2, 0.25) is 0 Å². The van der Waals surface area contributed by atoms with Crippen molar-refractivity contribution in [2.75, 3.05) is 6.61 Å². The fraction of sp³-hybridized carbons (Fsp3) is 0.400. The second kappa shape index (κ2) is 5.89. The number of hydrogen-bond acceptors (Lipinski definition) is 3. The summed E-state index contributed by atoms with van der Waals surface area (Å²) in [6.07, 6.45) is 0. The summed E-state index contributed by atoms with van der Waals surface area (Å²) in [6.45, 7) is 7.53. The highest BCUT2D eigenvalue weighted by molar-refractivity contribution is 5.33. The summed E-state index contributed by atoms with van der Waals surface area (Å²) in [5.41, 5.74) is 9.44. The molecule has 2 N–H and O–H groups in total. The highest BCUT2D eigenvalue weighted by atomic mass is 16.5. The molecule has 0 bridgehead atoms. The normalized spacial score (nSPS) is 12.4. The van der Waals surface area contributed by atoms with E-state index < -0.39 is 0 Å². The van der Waals surface area contributed by atoms with E-state index in [2.05, 4.69) is 12.0 Å². The van der Waals surface area contributed by atoms with Crippen molar-refractivity contribution in [2.24, 2.45) is 5.73 Å². The van der Waals surface area contributed by atoms with Crippen LogP contribution in [-0.4, -0.2) is 16.4 Å². The van der Waals surface area contributed by atoms with Crippen molar-refractivity contribution < 1.29 is 4.74 Å². The Kier molecular flexibility index (Phi) is 4.22. The Morgan fingerprint density at radius 1 is 1.26 bits per heavy atom. The Hall–Kier alpha value is -1.81. The van der Waals surface area contributed by atoms with Crippen molar-refractivity contribution in [3.8, 4) is 5.75 Å². The van der Waals surface area contributed by atoms with E-state index >= 15 is 0 Å². The second-order valence-electron chi connectivity index (χ2n) is 4.51. The van der Waals surface area contributed by atoms with E-state index in [-0.39, 0.29) is 6.04 Å². The molecular weight excluding hydrogens is 238 g/mol. The summed E-state index contributed by atoms with van der Waals surface area (Å²) in [5, 5.41) is 4.43. The molecule has 1 atom stereocenters. The number of nitrogens with two attached hydrogens (primary N) is 1. The van der Waals surface area contributed by atoms with Gasteiger partial charge in [0.05, 0.1) is 24.0 Å². The molecule has 19 heavy (non-hydrogen) atoms. The van der Waals surface area contributed by atoms with Crippen molar-refractivity contribution in [1.82, 2.24) is 9.78 Å². The van der Waals surface area contributed by atoms with E-state index in [1.165, 1.54) is 0 Å². The Labute approximate surface area is 114 Å². The number of hydrogen-bond donors (Lipinski definition) is 1. The van der Waals surface area contributed by atoms with Crippen molar-refractivity contribution in [3.63, 3.8) is 0 Å². The Morgan fingerprint density at radius 2 is 1.95 bits per heavy atom. The molecule has 102 valence electrons. The first-order valence-electron chi connectivity index (χ1n) is 6.68. The maximum absolute atomic E-state index is 6.33.